The van der Waals surface area contributed by atoms with Gasteiger partial charge in [0, 0.05) is 12.2 Å². The highest BCUT2D eigenvalue weighted by atomic mass is 35.5. The molecule has 2 aromatic carbocycles. The van der Waals surface area contributed by atoms with Gasteiger partial charge in [-0.05, 0) is 36.6 Å². The summed E-state index contributed by atoms with van der Waals surface area (Å²) in [6.45, 7) is 0.259. The number of para-hydroxylation sites is 1. The maximum atomic E-state index is 12.6. The molecule has 0 aromatic heterocycles. The molecule has 0 radical (unpaired) electrons. The highest BCUT2D eigenvalue weighted by molar-refractivity contribution is 6.32. The summed E-state index contributed by atoms with van der Waals surface area (Å²) in [4.78, 5) is 26.6. The van der Waals surface area contributed by atoms with E-state index in [1.165, 1.54) is 26.4 Å². The second-order valence-electron chi connectivity index (χ2n) is 6.05. The molecule has 0 bridgehead atoms. The monoisotopic (exact) mass is 389 g/mol. The van der Waals surface area contributed by atoms with E-state index in [1.807, 2.05) is 24.3 Å². The Morgan fingerprint density at radius 2 is 1.93 bits per heavy atom. The van der Waals surface area contributed by atoms with E-state index in [-0.39, 0.29) is 23.1 Å². The van der Waals surface area contributed by atoms with E-state index >= 15 is 0 Å². The largest absolute Gasteiger partial charge is 0.493 e. The van der Waals surface area contributed by atoms with E-state index in [0.717, 1.165) is 24.1 Å². The van der Waals surface area contributed by atoms with E-state index < -0.39 is 5.97 Å². The number of esters is 1. The summed E-state index contributed by atoms with van der Waals surface area (Å²) in [7, 11) is 2.90. The maximum Gasteiger partial charge on any atom is 0.338 e. The Bertz CT molecular complexity index is 867. The third-order valence-electron chi connectivity index (χ3n) is 4.41. The summed E-state index contributed by atoms with van der Waals surface area (Å²) in [5.74, 6) is -0.275. The van der Waals surface area contributed by atoms with E-state index in [0.29, 0.717) is 18.0 Å². The minimum atomic E-state index is -0.656. The van der Waals surface area contributed by atoms with Crippen LogP contribution in [0.15, 0.2) is 36.4 Å². The highest BCUT2D eigenvalue weighted by Crippen LogP contribution is 2.36. The first kappa shape index (κ1) is 19.0. The van der Waals surface area contributed by atoms with Crippen LogP contribution in [0.25, 0.3) is 0 Å². The molecule has 7 heteroatoms. The quantitative estimate of drug-likeness (QED) is 0.732. The molecule has 0 spiro atoms. The molecule has 0 atom stereocenters. The van der Waals surface area contributed by atoms with Crippen LogP contribution in [0, 0.1) is 0 Å². The normalized spacial score (nSPS) is 12.9. The first-order valence-electron chi connectivity index (χ1n) is 8.52. The van der Waals surface area contributed by atoms with Gasteiger partial charge in [-0.15, -0.1) is 0 Å². The third kappa shape index (κ3) is 4.01. The zero-order chi connectivity index (χ0) is 19.4. The van der Waals surface area contributed by atoms with Crippen LogP contribution in [0.5, 0.6) is 11.5 Å². The van der Waals surface area contributed by atoms with Crippen LogP contribution in [0.4, 0.5) is 5.69 Å². The van der Waals surface area contributed by atoms with Crippen molar-refractivity contribution in [3.05, 3.63) is 52.5 Å². The standard InChI is InChI=1S/C20H20ClNO5/c1-25-17-11-14(10-15(21)19(17)26-2)20(24)27-12-18(23)22-9-5-7-13-6-3-4-8-16(13)22/h3-4,6,8,10-11H,5,7,9,12H2,1-2H3. The first-order chi connectivity index (χ1) is 13.0. The number of amides is 1. The number of rotatable bonds is 5. The lowest BCUT2D eigenvalue weighted by Gasteiger charge is -2.29. The Labute approximate surface area is 162 Å². The number of carbonyl (C=O) groups excluding carboxylic acids is 2. The predicted molar refractivity (Wildman–Crippen MR) is 102 cm³/mol. The predicted octanol–water partition coefficient (Wildman–Crippen LogP) is 3.49. The summed E-state index contributed by atoms with van der Waals surface area (Å²) in [6, 6.07) is 10.6. The molecule has 1 amide bonds. The van der Waals surface area contributed by atoms with Gasteiger partial charge in [0.2, 0.25) is 0 Å². The zero-order valence-electron chi connectivity index (χ0n) is 15.2. The summed E-state index contributed by atoms with van der Waals surface area (Å²) in [6.07, 6.45) is 1.81. The number of halogens is 1. The Balaban J connectivity index is 1.70. The smallest absolute Gasteiger partial charge is 0.338 e. The van der Waals surface area contributed by atoms with Crippen molar-refractivity contribution in [2.24, 2.45) is 0 Å². The number of hydrogen-bond acceptors (Lipinski definition) is 5. The second kappa shape index (κ2) is 8.31. The Hall–Kier alpha value is -2.73. The van der Waals surface area contributed by atoms with Gasteiger partial charge in [0.1, 0.15) is 0 Å². The van der Waals surface area contributed by atoms with Gasteiger partial charge in [0.15, 0.2) is 18.1 Å². The summed E-state index contributed by atoms with van der Waals surface area (Å²) in [5, 5.41) is 0.222. The summed E-state index contributed by atoms with van der Waals surface area (Å²) < 4.78 is 15.5. The molecular weight excluding hydrogens is 370 g/mol. The molecule has 0 aliphatic carbocycles. The molecule has 27 heavy (non-hydrogen) atoms. The van der Waals surface area contributed by atoms with Crippen molar-refractivity contribution >= 4 is 29.2 Å². The van der Waals surface area contributed by atoms with Crippen molar-refractivity contribution in [2.45, 2.75) is 12.8 Å². The number of methoxy groups -OCH3 is 2. The third-order valence-corrected chi connectivity index (χ3v) is 4.69. The second-order valence-corrected chi connectivity index (χ2v) is 6.45. The molecule has 2 aromatic rings. The highest BCUT2D eigenvalue weighted by Gasteiger charge is 2.24. The fourth-order valence-corrected chi connectivity index (χ4v) is 3.40. The minimum Gasteiger partial charge on any atom is -0.493 e. The van der Waals surface area contributed by atoms with Crippen LogP contribution in [0.2, 0.25) is 5.02 Å². The van der Waals surface area contributed by atoms with Crippen molar-refractivity contribution in [3.63, 3.8) is 0 Å². The lowest BCUT2D eigenvalue weighted by atomic mass is 10.0. The lowest BCUT2D eigenvalue weighted by Crippen LogP contribution is -2.38. The number of nitrogens with zero attached hydrogens (tertiary/aromatic N) is 1. The van der Waals surface area contributed by atoms with Crippen molar-refractivity contribution in [1.82, 2.24) is 0 Å². The fourth-order valence-electron chi connectivity index (χ4n) is 3.12. The average molecular weight is 390 g/mol. The van der Waals surface area contributed by atoms with Gasteiger partial charge >= 0.3 is 5.97 Å². The zero-order valence-corrected chi connectivity index (χ0v) is 15.9. The number of aryl methyl sites for hydroxylation is 1. The van der Waals surface area contributed by atoms with Crippen LogP contribution in [0.1, 0.15) is 22.3 Å². The van der Waals surface area contributed by atoms with Crippen molar-refractivity contribution in [2.75, 3.05) is 32.3 Å². The van der Waals surface area contributed by atoms with E-state index in [9.17, 15) is 9.59 Å². The number of benzene rings is 2. The summed E-state index contributed by atoms with van der Waals surface area (Å²) in [5.41, 5.74) is 2.18. The molecule has 1 aliphatic rings. The van der Waals surface area contributed by atoms with E-state index in [4.69, 9.17) is 25.8 Å². The van der Waals surface area contributed by atoms with Crippen LogP contribution in [-0.4, -0.2) is 39.2 Å². The molecule has 0 saturated heterocycles. The lowest BCUT2D eigenvalue weighted by molar-refractivity contribution is -0.121. The van der Waals surface area contributed by atoms with Gasteiger partial charge in [-0.2, -0.15) is 0 Å². The van der Waals surface area contributed by atoms with Crippen LogP contribution < -0.4 is 14.4 Å². The molecular formula is C20H20ClNO5. The number of hydrogen-bond donors (Lipinski definition) is 0. The number of carbonyl (C=O) groups is 2. The molecule has 1 heterocycles. The molecule has 0 fully saturated rings. The molecule has 1 aliphatic heterocycles. The number of anilines is 1. The van der Waals surface area contributed by atoms with Crippen LogP contribution >= 0.6 is 11.6 Å². The van der Waals surface area contributed by atoms with Crippen LogP contribution in [0.3, 0.4) is 0 Å². The minimum absolute atomic E-state index is 0.185. The fraction of sp³-hybridized carbons (Fsp3) is 0.300. The first-order valence-corrected chi connectivity index (χ1v) is 8.90. The van der Waals surface area contributed by atoms with E-state index in [2.05, 4.69) is 0 Å². The van der Waals surface area contributed by atoms with Gasteiger partial charge < -0.3 is 19.1 Å². The molecule has 6 nitrogen and oxygen atoms in total. The maximum absolute atomic E-state index is 12.6. The van der Waals surface area contributed by atoms with E-state index in [1.54, 1.807) is 4.90 Å². The molecule has 0 saturated carbocycles. The number of fused-ring (bicyclic) bond motifs is 1. The van der Waals surface area contributed by atoms with Crippen molar-refractivity contribution in [1.29, 1.82) is 0 Å². The van der Waals surface area contributed by atoms with Crippen molar-refractivity contribution in [3.8, 4) is 11.5 Å². The molecule has 0 unspecified atom stereocenters. The topological polar surface area (TPSA) is 65.1 Å². The Morgan fingerprint density at radius 1 is 1.15 bits per heavy atom. The van der Waals surface area contributed by atoms with Gasteiger partial charge in [-0.1, -0.05) is 29.8 Å². The Kier molecular flexibility index (Phi) is 5.86. The molecule has 0 N–H and O–H groups in total. The van der Waals surface area contributed by atoms with Crippen LogP contribution in [-0.2, 0) is 16.0 Å². The molecule has 3 rings (SSSR count). The van der Waals surface area contributed by atoms with Crippen molar-refractivity contribution < 1.29 is 23.8 Å². The molecule has 142 valence electrons. The van der Waals surface area contributed by atoms with Gasteiger partial charge in [-0.25, -0.2) is 4.79 Å². The van der Waals surface area contributed by atoms with Gasteiger partial charge in [0.25, 0.3) is 5.91 Å². The van der Waals surface area contributed by atoms with Gasteiger partial charge in [-0.3, -0.25) is 4.79 Å². The number of ether oxygens (including phenoxy) is 3. The SMILES string of the molecule is COc1cc(C(=O)OCC(=O)N2CCCc3ccccc32)cc(Cl)c1OC. The summed E-state index contributed by atoms with van der Waals surface area (Å²) >= 11 is 6.11. The Morgan fingerprint density at radius 3 is 2.67 bits per heavy atom. The van der Waals surface area contributed by atoms with Gasteiger partial charge in [0.05, 0.1) is 24.8 Å². The average Bonchev–Trinajstić information content (AvgIpc) is 2.70.